The van der Waals surface area contributed by atoms with Gasteiger partial charge in [-0.15, -0.1) is 0 Å². The second-order valence-electron chi connectivity index (χ2n) is 5.85. The van der Waals surface area contributed by atoms with E-state index in [1.807, 2.05) is 11.8 Å². The Kier molecular flexibility index (Phi) is 5.05. The van der Waals surface area contributed by atoms with E-state index in [9.17, 15) is 13.6 Å². The molecule has 1 amide bonds. The summed E-state index contributed by atoms with van der Waals surface area (Å²) in [5.74, 6) is -1.78. The Bertz CT molecular complexity index is 704. The smallest absolute Gasteiger partial charge is 0.235 e. The molecule has 0 radical (unpaired) electrons. The largest absolute Gasteiger partial charge is 0.339 e. The lowest BCUT2D eigenvalue weighted by Crippen LogP contribution is -2.50. The Labute approximate surface area is 143 Å². The van der Waals surface area contributed by atoms with Crippen LogP contribution in [0.1, 0.15) is 13.8 Å². The molecule has 3 rings (SSSR count). The molecule has 1 N–H and O–H groups in total. The molecule has 1 aromatic heterocycles. The molecular formula is C16H20F2N4OS. The second kappa shape index (κ2) is 7.06. The molecule has 1 aliphatic heterocycles. The maximum absolute atomic E-state index is 13.3. The third-order valence-corrected chi connectivity index (χ3v) is 5.24. The van der Waals surface area contributed by atoms with Gasteiger partial charge in [-0.1, -0.05) is 18.7 Å². The Balaban J connectivity index is 1.66. The number of H-pyrrole nitrogens is 1. The average Bonchev–Trinajstić information content (AvgIpc) is 2.95. The topological polar surface area (TPSA) is 52.2 Å². The van der Waals surface area contributed by atoms with Gasteiger partial charge in [-0.2, -0.15) is 0 Å². The monoisotopic (exact) mass is 354 g/mol. The lowest BCUT2D eigenvalue weighted by atomic mass is 10.3. The summed E-state index contributed by atoms with van der Waals surface area (Å²) in [6, 6.07) is 2.14. The molecule has 8 heteroatoms. The second-order valence-corrected chi connectivity index (χ2v) is 7.17. The number of nitrogens with zero attached hydrogens (tertiary/aromatic N) is 3. The summed E-state index contributed by atoms with van der Waals surface area (Å²) < 4.78 is 26.5. The van der Waals surface area contributed by atoms with Gasteiger partial charge in [0.2, 0.25) is 5.91 Å². The van der Waals surface area contributed by atoms with Gasteiger partial charge in [0.15, 0.2) is 16.8 Å². The number of imidazole rings is 1. The number of aromatic amines is 1. The zero-order chi connectivity index (χ0) is 17.3. The highest BCUT2D eigenvalue weighted by molar-refractivity contribution is 8.00. The number of carbonyl (C=O) groups is 1. The van der Waals surface area contributed by atoms with Crippen LogP contribution in [-0.4, -0.2) is 63.6 Å². The molecule has 0 spiro atoms. The number of rotatable bonds is 4. The molecule has 1 atom stereocenters. The zero-order valence-electron chi connectivity index (χ0n) is 13.7. The van der Waals surface area contributed by atoms with Crippen molar-refractivity contribution < 1.29 is 13.6 Å². The first-order valence-electron chi connectivity index (χ1n) is 8.00. The summed E-state index contributed by atoms with van der Waals surface area (Å²) in [4.78, 5) is 23.9. The molecular weight excluding hydrogens is 334 g/mol. The van der Waals surface area contributed by atoms with Gasteiger partial charge in [-0.05, 0) is 13.5 Å². The molecule has 2 heterocycles. The third-order valence-electron chi connectivity index (χ3n) is 4.27. The van der Waals surface area contributed by atoms with Crippen molar-refractivity contribution in [2.24, 2.45) is 0 Å². The van der Waals surface area contributed by atoms with Crippen molar-refractivity contribution in [2.45, 2.75) is 24.3 Å². The van der Waals surface area contributed by atoms with Crippen LogP contribution in [0.15, 0.2) is 17.3 Å². The van der Waals surface area contributed by atoms with Crippen LogP contribution in [0.2, 0.25) is 0 Å². The van der Waals surface area contributed by atoms with Gasteiger partial charge in [0.1, 0.15) is 0 Å². The minimum atomic E-state index is -0.927. The predicted molar refractivity (Wildman–Crippen MR) is 90.0 cm³/mol. The summed E-state index contributed by atoms with van der Waals surface area (Å²) in [7, 11) is 0. The van der Waals surface area contributed by atoms with Crippen LogP contribution < -0.4 is 0 Å². The Morgan fingerprint density at radius 2 is 1.96 bits per heavy atom. The normalized spacial score (nSPS) is 17.4. The summed E-state index contributed by atoms with van der Waals surface area (Å²) in [6.07, 6.45) is 0. The van der Waals surface area contributed by atoms with Crippen molar-refractivity contribution in [2.75, 3.05) is 32.7 Å². The van der Waals surface area contributed by atoms with E-state index in [-0.39, 0.29) is 11.2 Å². The molecule has 1 aromatic carbocycles. The number of likely N-dealkylation sites (N-methyl/N-ethyl adjacent to an activating group) is 1. The van der Waals surface area contributed by atoms with Crippen molar-refractivity contribution in [1.29, 1.82) is 0 Å². The average molecular weight is 354 g/mol. The maximum Gasteiger partial charge on any atom is 0.235 e. The summed E-state index contributed by atoms with van der Waals surface area (Å²) in [5, 5.41) is 0.177. The van der Waals surface area contributed by atoms with Crippen molar-refractivity contribution >= 4 is 28.7 Å². The molecule has 1 saturated heterocycles. The first-order valence-corrected chi connectivity index (χ1v) is 8.88. The first-order chi connectivity index (χ1) is 11.5. The van der Waals surface area contributed by atoms with Crippen LogP contribution >= 0.6 is 11.8 Å². The fourth-order valence-electron chi connectivity index (χ4n) is 2.80. The van der Waals surface area contributed by atoms with Crippen LogP contribution in [0.25, 0.3) is 11.0 Å². The molecule has 5 nitrogen and oxygen atoms in total. The predicted octanol–water partition coefficient (Wildman–Crippen LogP) is 2.49. The van der Waals surface area contributed by atoms with Crippen LogP contribution in [0, 0.1) is 11.6 Å². The number of halogens is 2. The highest BCUT2D eigenvalue weighted by atomic mass is 32.2. The standard InChI is InChI=1S/C16H20F2N4OS/c1-3-21-4-6-22(7-5-21)15(23)10(2)24-16-19-13-8-11(17)12(18)9-14(13)20-16/h8-10H,3-7H2,1-2H3,(H,19,20). The van der Waals surface area contributed by atoms with Gasteiger partial charge < -0.3 is 14.8 Å². The van der Waals surface area contributed by atoms with Gasteiger partial charge >= 0.3 is 0 Å². The van der Waals surface area contributed by atoms with Crippen molar-refractivity contribution in [1.82, 2.24) is 19.8 Å². The van der Waals surface area contributed by atoms with Crippen LogP contribution in [-0.2, 0) is 4.79 Å². The summed E-state index contributed by atoms with van der Waals surface area (Å²) >= 11 is 1.27. The number of hydrogen-bond donors (Lipinski definition) is 1. The van der Waals surface area contributed by atoms with E-state index in [0.717, 1.165) is 44.9 Å². The SMILES string of the molecule is CCN1CCN(C(=O)C(C)Sc2nc3cc(F)c(F)cc3[nH]2)CC1. The Hall–Kier alpha value is -1.67. The number of fused-ring (bicyclic) bond motifs is 1. The number of aromatic nitrogens is 2. The van der Waals surface area contributed by atoms with Gasteiger partial charge in [0.05, 0.1) is 16.3 Å². The van der Waals surface area contributed by atoms with E-state index in [2.05, 4.69) is 21.8 Å². The number of thioether (sulfide) groups is 1. The lowest BCUT2D eigenvalue weighted by molar-refractivity contribution is -0.132. The van der Waals surface area contributed by atoms with Crippen molar-refractivity contribution in [3.8, 4) is 0 Å². The Morgan fingerprint density at radius 3 is 2.62 bits per heavy atom. The number of hydrogen-bond acceptors (Lipinski definition) is 4. The quantitative estimate of drug-likeness (QED) is 0.857. The van der Waals surface area contributed by atoms with Crippen LogP contribution in [0.3, 0.4) is 0 Å². The first kappa shape index (κ1) is 17.2. The van der Waals surface area contributed by atoms with E-state index >= 15 is 0 Å². The molecule has 0 bridgehead atoms. The van der Waals surface area contributed by atoms with E-state index in [1.54, 1.807) is 0 Å². The molecule has 1 unspecified atom stereocenters. The number of piperazine rings is 1. The minimum absolute atomic E-state index is 0.0635. The molecule has 1 fully saturated rings. The number of carbonyl (C=O) groups excluding carboxylic acids is 1. The van der Waals surface area contributed by atoms with Crippen LogP contribution in [0.4, 0.5) is 8.78 Å². The van der Waals surface area contributed by atoms with Gasteiger partial charge in [0, 0.05) is 38.3 Å². The molecule has 130 valence electrons. The molecule has 0 saturated carbocycles. The number of amides is 1. The van der Waals surface area contributed by atoms with E-state index < -0.39 is 11.6 Å². The van der Waals surface area contributed by atoms with Crippen molar-refractivity contribution in [3.05, 3.63) is 23.8 Å². The highest BCUT2D eigenvalue weighted by Gasteiger charge is 2.25. The van der Waals surface area contributed by atoms with E-state index in [4.69, 9.17) is 0 Å². The summed E-state index contributed by atoms with van der Waals surface area (Å²) in [6.45, 7) is 8.18. The zero-order valence-corrected chi connectivity index (χ0v) is 14.5. The van der Waals surface area contributed by atoms with Gasteiger partial charge in [-0.25, -0.2) is 13.8 Å². The van der Waals surface area contributed by atoms with E-state index in [1.165, 1.54) is 11.8 Å². The fraction of sp³-hybridized carbons (Fsp3) is 0.500. The van der Waals surface area contributed by atoms with Gasteiger partial charge in [-0.3, -0.25) is 4.79 Å². The lowest BCUT2D eigenvalue weighted by Gasteiger charge is -2.35. The third kappa shape index (κ3) is 3.54. The fourth-order valence-corrected chi connectivity index (χ4v) is 3.70. The van der Waals surface area contributed by atoms with Crippen LogP contribution in [0.5, 0.6) is 0 Å². The molecule has 0 aliphatic carbocycles. The van der Waals surface area contributed by atoms with Gasteiger partial charge in [0.25, 0.3) is 0 Å². The molecule has 2 aromatic rings. The highest BCUT2D eigenvalue weighted by Crippen LogP contribution is 2.26. The van der Waals surface area contributed by atoms with Crippen molar-refractivity contribution in [3.63, 3.8) is 0 Å². The maximum atomic E-state index is 13.3. The molecule has 24 heavy (non-hydrogen) atoms. The minimum Gasteiger partial charge on any atom is -0.339 e. The van der Waals surface area contributed by atoms with E-state index in [0.29, 0.717) is 16.2 Å². The summed E-state index contributed by atoms with van der Waals surface area (Å²) in [5.41, 5.74) is 0.778. The Morgan fingerprint density at radius 1 is 1.29 bits per heavy atom. The number of nitrogens with one attached hydrogen (secondary N) is 1. The molecule has 1 aliphatic rings. The number of benzene rings is 1.